The zero-order chi connectivity index (χ0) is 9.46. The Morgan fingerprint density at radius 3 is 1.83 bits per heavy atom. The normalized spacial score (nSPS) is 10.5. The van der Waals surface area contributed by atoms with Crippen molar-refractivity contribution in [2.24, 2.45) is 0 Å². The molecule has 0 bridgehead atoms. The first-order valence-corrected chi connectivity index (χ1v) is 6.12. The summed E-state index contributed by atoms with van der Waals surface area (Å²) in [5.74, 6) is -0.289. The van der Waals surface area contributed by atoms with Gasteiger partial charge in [0.1, 0.15) is 0 Å². The SMILES string of the molecule is Cc1c(Br)c(F)c(Br)c(Br)c1Br. The summed E-state index contributed by atoms with van der Waals surface area (Å²) < 4.78 is 15.7. The number of rotatable bonds is 0. The predicted octanol–water partition coefficient (Wildman–Crippen LogP) is 5.18. The van der Waals surface area contributed by atoms with Crippen molar-refractivity contribution in [2.45, 2.75) is 6.92 Å². The Morgan fingerprint density at radius 2 is 1.33 bits per heavy atom. The highest BCUT2D eigenvalue weighted by Crippen LogP contribution is 2.40. The lowest BCUT2D eigenvalue weighted by atomic mass is 10.2. The average molecular weight is 426 g/mol. The molecule has 0 aliphatic rings. The lowest BCUT2D eigenvalue weighted by molar-refractivity contribution is 0.611. The summed E-state index contributed by atoms with van der Waals surface area (Å²) in [7, 11) is 0. The summed E-state index contributed by atoms with van der Waals surface area (Å²) in [4.78, 5) is 0. The van der Waals surface area contributed by atoms with Crippen molar-refractivity contribution >= 4 is 63.7 Å². The van der Waals surface area contributed by atoms with Gasteiger partial charge in [-0.1, -0.05) is 0 Å². The van der Waals surface area contributed by atoms with Gasteiger partial charge in [-0.25, -0.2) is 4.39 Å². The maximum Gasteiger partial charge on any atom is 0.153 e. The van der Waals surface area contributed by atoms with Crippen LogP contribution < -0.4 is 0 Å². The summed E-state index contributed by atoms with van der Waals surface area (Å²) in [5, 5.41) is 0. The van der Waals surface area contributed by atoms with Crippen LogP contribution in [-0.2, 0) is 0 Å². The van der Waals surface area contributed by atoms with Crippen LogP contribution in [0.2, 0.25) is 0 Å². The Morgan fingerprint density at radius 1 is 0.833 bits per heavy atom. The van der Waals surface area contributed by atoms with E-state index in [1.165, 1.54) is 0 Å². The van der Waals surface area contributed by atoms with Crippen LogP contribution in [0.5, 0.6) is 0 Å². The van der Waals surface area contributed by atoms with Crippen molar-refractivity contribution < 1.29 is 4.39 Å². The van der Waals surface area contributed by atoms with E-state index in [1.807, 2.05) is 6.92 Å². The number of halogens is 5. The summed E-state index contributed by atoms with van der Waals surface area (Å²) in [6, 6.07) is 0. The van der Waals surface area contributed by atoms with Crippen LogP contribution >= 0.6 is 63.7 Å². The molecule has 1 aromatic rings. The fourth-order valence-corrected chi connectivity index (χ4v) is 3.17. The van der Waals surface area contributed by atoms with Gasteiger partial charge < -0.3 is 0 Å². The van der Waals surface area contributed by atoms with Gasteiger partial charge in [-0.2, -0.15) is 0 Å². The van der Waals surface area contributed by atoms with E-state index < -0.39 is 0 Å². The number of hydrogen-bond acceptors (Lipinski definition) is 0. The molecule has 0 aliphatic heterocycles. The second-order valence-corrected chi connectivity index (χ2v) is 5.37. The Hall–Kier alpha value is 1.07. The third-order valence-corrected chi connectivity index (χ3v) is 5.97. The van der Waals surface area contributed by atoms with Gasteiger partial charge in [0.2, 0.25) is 0 Å². The minimum absolute atomic E-state index is 0.289. The molecule has 0 saturated carbocycles. The van der Waals surface area contributed by atoms with Crippen molar-refractivity contribution in [3.63, 3.8) is 0 Å². The molecule has 1 rings (SSSR count). The van der Waals surface area contributed by atoms with Gasteiger partial charge in [0.25, 0.3) is 0 Å². The van der Waals surface area contributed by atoms with Crippen LogP contribution in [0.25, 0.3) is 0 Å². The molecule has 0 aromatic heterocycles. The minimum Gasteiger partial charge on any atom is -0.204 e. The summed E-state index contributed by atoms with van der Waals surface area (Å²) in [5.41, 5.74) is 0.836. The third kappa shape index (κ3) is 1.79. The highest BCUT2D eigenvalue weighted by molar-refractivity contribution is 9.14. The van der Waals surface area contributed by atoms with Gasteiger partial charge in [-0.15, -0.1) is 0 Å². The first-order chi connectivity index (χ1) is 5.46. The Labute approximate surface area is 103 Å². The maximum absolute atomic E-state index is 13.3. The fraction of sp³-hybridized carbons (Fsp3) is 0.143. The molecule has 0 atom stereocenters. The maximum atomic E-state index is 13.3. The number of benzene rings is 1. The van der Waals surface area contributed by atoms with Gasteiger partial charge in [0.15, 0.2) is 5.82 Å². The van der Waals surface area contributed by atoms with E-state index in [0.717, 1.165) is 10.0 Å². The Balaban J connectivity index is 3.60. The van der Waals surface area contributed by atoms with Crippen LogP contribution in [0.4, 0.5) is 4.39 Å². The smallest absolute Gasteiger partial charge is 0.153 e. The molecule has 0 heterocycles. The zero-order valence-electron chi connectivity index (χ0n) is 5.89. The molecule has 12 heavy (non-hydrogen) atoms. The highest BCUT2D eigenvalue weighted by Gasteiger charge is 2.15. The first kappa shape index (κ1) is 11.1. The van der Waals surface area contributed by atoms with Crippen molar-refractivity contribution in [1.29, 1.82) is 0 Å². The fourth-order valence-electron chi connectivity index (χ4n) is 0.715. The summed E-state index contributed by atoms with van der Waals surface area (Å²) >= 11 is 12.9. The van der Waals surface area contributed by atoms with Crippen LogP contribution in [0.1, 0.15) is 5.56 Å². The van der Waals surface area contributed by atoms with Crippen LogP contribution in [0, 0.1) is 12.7 Å². The van der Waals surface area contributed by atoms with Gasteiger partial charge >= 0.3 is 0 Å². The van der Waals surface area contributed by atoms with E-state index in [1.54, 1.807) is 0 Å². The van der Waals surface area contributed by atoms with Crippen molar-refractivity contribution in [3.8, 4) is 0 Å². The Bertz CT molecular complexity index is 230. The molecule has 0 unspecified atom stereocenters. The lowest BCUT2D eigenvalue weighted by Gasteiger charge is -2.07. The summed E-state index contributed by atoms with van der Waals surface area (Å²) in [6.45, 7) is 1.83. The van der Waals surface area contributed by atoms with Crippen LogP contribution in [0.15, 0.2) is 17.9 Å². The van der Waals surface area contributed by atoms with E-state index in [0.29, 0.717) is 13.4 Å². The third-order valence-electron chi connectivity index (χ3n) is 1.43. The van der Waals surface area contributed by atoms with Gasteiger partial charge in [-0.3, -0.25) is 0 Å². The second kappa shape index (κ2) is 4.07. The molecule has 5 heteroatoms. The summed E-state index contributed by atoms with van der Waals surface area (Å²) in [6.07, 6.45) is 0. The molecular formula is C7H3Br4F. The van der Waals surface area contributed by atoms with Crippen molar-refractivity contribution in [3.05, 3.63) is 29.3 Å². The van der Waals surface area contributed by atoms with Gasteiger partial charge in [0.05, 0.1) is 8.95 Å². The molecule has 0 aliphatic carbocycles. The van der Waals surface area contributed by atoms with E-state index in [-0.39, 0.29) is 5.82 Å². The van der Waals surface area contributed by atoms with Crippen molar-refractivity contribution in [2.75, 3.05) is 0 Å². The van der Waals surface area contributed by atoms with E-state index >= 15 is 0 Å². The molecule has 1 aromatic carbocycles. The van der Waals surface area contributed by atoms with Crippen LogP contribution in [-0.4, -0.2) is 0 Å². The highest BCUT2D eigenvalue weighted by atomic mass is 79.9. The van der Waals surface area contributed by atoms with E-state index in [2.05, 4.69) is 63.7 Å². The lowest BCUT2D eigenvalue weighted by Crippen LogP contribution is -1.89. The minimum atomic E-state index is -0.289. The second-order valence-electron chi connectivity index (χ2n) is 2.19. The molecule has 0 fully saturated rings. The Kier molecular flexibility index (Phi) is 3.78. The first-order valence-electron chi connectivity index (χ1n) is 2.94. The molecule has 0 saturated heterocycles. The standard InChI is InChI=1S/C7H3Br4F/c1-2-3(8)5(10)6(11)7(12)4(2)9/h1H3. The van der Waals surface area contributed by atoms with Gasteiger partial charge in [-0.05, 0) is 76.2 Å². The average Bonchev–Trinajstić information content (AvgIpc) is 2.08. The zero-order valence-corrected chi connectivity index (χ0v) is 12.2. The molecule has 0 spiro atoms. The quantitative estimate of drug-likeness (QED) is 0.397. The van der Waals surface area contributed by atoms with Crippen LogP contribution in [0.3, 0.4) is 0 Å². The molecule has 0 amide bonds. The monoisotopic (exact) mass is 422 g/mol. The van der Waals surface area contributed by atoms with Crippen molar-refractivity contribution in [1.82, 2.24) is 0 Å². The predicted molar refractivity (Wildman–Crippen MR) is 61.9 cm³/mol. The molecular weight excluding hydrogens is 423 g/mol. The molecule has 66 valence electrons. The largest absolute Gasteiger partial charge is 0.204 e. The molecule has 0 N–H and O–H groups in total. The number of hydrogen-bond donors (Lipinski definition) is 0. The molecule has 0 nitrogen and oxygen atoms in total. The van der Waals surface area contributed by atoms with E-state index in [9.17, 15) is 4.39 Å². The van der Waals surface area contributed by atoms with E-state index in [4.69, 9.17) is 0 Å². The topological polar surface area (TPSA) is 0 Å². The molecule has 0 radical (unpaired) electrons. The van der Waals surface area contributed by atoms with Gasteiger partial charge in [0, 0.05) is 8.95 Å².